The summed E-state index contributed by atoms with van der Waals surface area (Å²) in [6, 6.07) is 6.34. The molecule has 1 aromatic rings. The minimum atomic E-state index is -0.452. The van der Waals surface area contributed by atoms with Gasteiger partial charge in [-0.1, -0.05) is 12.1 Å². The van der Waals surface area contributed by atoms with Crippen LogP contribution in [0.15, 0.2) is 18.2 Å². The Labute approximate surface area is 121 Å². The van der Waals surface area contributed by atoms with Crippen molar-refractivity contribution in [3.63, 3.8) is 0 Å². The van der Waals surface area contributed by atoms with Gasteiger partial charge in [-0.3, -0.25) is 4.90 Å². The van der Waals surface area contributed by atoms with Crippen molar-refractivity contribution in [3.8, 4) is 0 Å². The third-order valence-corrected chi connectivity index (χ3v) is 3.32. The van der Waals surface area contributed by atoms with E-state index < -0.39 is 5.60 Å². The molecule has 0 atom stereocenters. The van der Waals surface area contributed by atoms with Crippen LogP contribution in [0.3, 0.4) is 0 Å². The molecule has 0 aliphatic carbocycles. The first kappa shape index (κ1) is 14.9. The minimum absolute atomic E-state index is 0.251. The molecule has 0 saturated heterocycles. The van der Waals surface area contributed by atoms with Crippen molar-refractivity contribution in [3.05, 3.63) is 29.3 Å². The van der Waals surface area contributed by atoms with Crippen LogP contribution >= 0.6 is 0 Å². The number of carbonyl (C=O) groups is 1. The summed E-state index contributed by atoms with van der Waals surface area (Å²) in [6.07, 6.45) is 1.66. The van der Waals surface area contributed by atoms with Crippen LogP contribution in [0.25, 0.3) is 0 Å². The van der Waals surface area contributed by atoms with E-state index in [0.717, 1.165) is 25.1 Å². The van der Waals surface area contributed by atoms with E-state index in [4.69, 9.17) is 4.74 Å². The predicted octanol–water partition coefficient (Wildman–Crippen LogP) is 2.75. The Hall–Kier alpha value is -1.55. The molecule has 1 aliphatic rings. The second-order valence-electron chi connectivity index (χ2n) is 6.20. The van der Waals surface area contributed by atoms with Crippen LogP contribution < -0.4 is 10.2 Å². The van der Waals surface area contributed by atoms with Crippen LogP contribution in [0.2, 0.25) is 0 Å². The summed E-state index contributed by atoms with van der Waals surface area (Å²) in [5, 5.41) is 3.15. The van der Waals surface area contributed by atoms with Gasteiger partial charge in [0.1, 0.15) is 5.60 Å². The Bertz CT molecular complexity index is 492. The number of hydrogen-bond acceptors (Lipinski definition) is 3. The van der Waals surface area contributed by atoms with E-state index in [1.807, 2.05) is 33.9 Å². The molecule has 0 bridgehead atoms. The smallest absolute Gasteiger partial charge is 0.414 e. The van der Waals surface area contributed by atoms with Gasteiger partial charge in [-0.25, -0.2) is 4.79 Å². The summed E-state index contributed by atoms with van der Waals surface area (Å²) in [5.74, 6) is 0. The summed E-state index contributed by atoms with van der Waals surface area (Å²) in [5.41, 5.74) is 3.09. The van der Waals surface area contributed by atoms with Gasteiger partial charge in [0.05, 0.1) is 5.69 Å². The average molecular weight is 276 g/mol. The van der Waals surface area contributed by atoms with E-state index in [9.17, 15) is 4.79 Å². The molecule has 20 heavy (non-hydrogen) atoms. The van der Waals surface area contributed by atoms with Gasteiger partial charge in [-0.2, -0.15) is 0 Å². The molecule has 1 aromatic carbocycles. The van der Waals surface area contributed by atoms with Crippen molar-refractivity contribution in [2.24, 2.45) is 0 Å². The highest BCUT2D eigenvalue weighted by molar-refractivity contribution is 5.90. The molecule has 0 spiro atoms. The van der Waals surface area contributed by atoms with Crippen LogP contribution in [-0.4, -0.2) is 31.8 Å². The van der Waals surface area contributed by atoms with E-state index in [-0.39, 0.29) is 6.09 Å². The molecule has 0 unspecified atom stereocenters. The minimum Gasteiger partial charge on any atom is -0.443 e. The van der Waals surface area contributed by atoms with Crippen molar-refractivity contribution >= 4 is 11.8 Å². The highest BCUT2D eigenvalue weighted by Gasteiger charge is 2.28. The number of carbonyl (C=O) groups excluding carboxylic acids is 1. The number of amides is 1. The Kier molecular flexibility index (Phi) is 4.33. The van der Waals surface area contributed by atoms with Gasteiger partial charge in [-0.15, -0.1) is 0 Å². The fourth-order valence-electron chi connectivity index (χ4n) is 2.39. The summed E-state index contributed by atoms with van der Waals surface area (Å²) in [6.45, 7) is 7.35. The Morgan fingerprint density at radius 2 is 2.15 bits per heavy atom. The quantitative estimate of drug-likeness (QED) is 0.923. The molecule has 0 aromatic heterocycles. The molecule has 0 radical (unpaired) electrons. The van der Waals surface area contributed by atoms with E-state index in [1.54, 1.807) is 4.90 Å². The zero-order chi connectivity index (χ0) is 14.8. The van der Waals surface area contributed by atoms with E-state index in [2.05, 4.69) is 17.4 Å². The van der Waals surface area contributed by atoms with Gasteiger partial charge < -0.3 is 10.1 Å². The van der Waals surface area contributed by atoms with Gasteiger partial charge in [0.15, 0.2) is 0 Å². The Morgan fingerprint density at radius 3 is 2.80 bits per heavy atom. The van der Waals surface area contributed by atoms with Crippen LogP contribution in [-0.2, 0) is 17.6 Å². The standard InChI is InChI=1S/C16H24N2O2/c1-16(2,3)20-15(19)18-10-8-13-11-12(7-9-17-4)5-6-14(13)18/h5-6,11,17H,7-10H2,1-4H3. The Balaban J connectivity index is 2.11. The third-order valence-electron chi connectivity index (χ3n) is 3.32. The number of likely N-dealkylation sites (N-methyl/N-ethyl adjacent to an activating group) is 1. The van der Waals surface area contributed by atoms with Crippen LogP contribution in [0.4, 0.5) is 10.5 Å². The first-order valence-corrected chi connectivity index (χ1v) is 7.17. The van der Waals surface area contributed by atoms with Gasteiger partial charge >= 0.3 is 6.09 Å². The lowest BCUT2D eigenvalue weighted by atomic mass is 10.1. The molecular weight excluding hydrogens is 252 g/mol. The highest BCUT2D eigenvalue weighted by Crippen LogP contribution is 2.30. The normalized spacial score (nSPS) is 14.3. The molecular formula is C16H24N2O2. The first-order valence-electron chi connectivity index (χ1n) is 7.17. The van der Waals surface area contributed by atoms with Crippen LogP contribution in [0.1, 0.15) is 31.9 Å². The molecule has 1 aliphatic heterocycles. The van der Waals surface area contributed by atoms with Gasteiger partial charge in [0.25, 0.3) is 0 Å². The fourth-order valence-corrected chi connectivity index (χ4v) is 2.39. The number of rotatable bonds is 3. The number of anilines is 1. The number of nitrogens with zero attached hydrogens (tertiary/aromatic N) is 1. The van der Waals surface area contributed by atoms with Crippen molar-refractivity contribution in [2.75, 3.05) is 25.0 Å². The molecule has 110 valence electrons. The van der Waals surface area contributed by atoms with Gasteiger partial charge in [0, 0.05) is 6.54 Å². The SMILES string of the molecule is CNCCc1ccc2c(c1)CCN2C(=O)OC(C)(C)C. The second kappa shape index (κ2) is 5.83. The topological polar surface area (TPSA) is 41.6 Å². The zero-order valence-corrected chi connectivity index (χ0v) is 12.8. The molecule has 4 nitrogen and oxygen atoms in total. The maximum absolute atomic E-state index is 12.2. The fraction of sp³-hybridized carbons (Fsp3) is 0.562. The maximum atomic E-state index is 12.2. The van der Waals surface area contributed by atoms with Crippen LogP contribution in [0.5, 0.6) is 0 Å². The van der Waals surface area contributed by atoms with E-state index in [1.165, 1.54) is 11.1 Å². The average Bonchev–Trinajstić information content (AvgIpc) is 2.77. The second-order valence-corrected chi connectivity index (χ2v) is 6.20. The lowest BCUT2D eigenvalue weighted by Crippen LogP contribution is -2.35. The molecule has 0 saturated carbocycles. The van der Waals surface area contributed by atoms with Crippen molar-refractivity contribution in [1.82, 2.24) is 5.32 Å². The number of fused-ring (bicyclic) bond motifs is 1. The molecule has 1 amide bonds. The highest BCUT2D eigenvalue weighted by atomic mass is 16.6. The lowest BCUT2D eigenvalue weighted by molar-refractivity contribution is 0.0584. The van der Waals surface area contributed by atoms with E-state index in [0.29, 0.717) is 6.54 Å². The van der Waals surface area contributed by atoms with Crippen molar-refractivity contribution in [1.29, 1.82) is 0 Å². The molecule has 1 N–H and O–H groups in total. The zero-order valence-electron chi connectivity index (χ0n) is 12.8. The monoisotopic (exact) mass is 276 g/mol. The number of hydrogen-bond donors (Lipinski definition) is 1. The molecule has 4 heteroatoms. The van der Waals surface area contributed by atoms with Gasteiger partial charge in [0.2, 0.25) is 0 Å². The van der Waals surface area contributed by atoms with Gasteiger partial charge in [-0.05, 0) is 64.4 Å². The molecule has 0 fully saturated rings. The Morgan fingerprint density at radius 1 is 1.40 bits per heavy atom. The van der Waals surface area contributed by atoms with Crippen LogP contribution in [0, 0.1) is 0 Å². The summed E-state index contributed by atoms with van der Waals surface area (Å²) in [7, 11) is 1.96. The number of nitrogens with one attached hydrogen (secondary N) is 1. The largest absolute Gasteiger partial charge is 0.443 e. The number of benzene rings is 1. The molecule has 1 heterocycles. The number of ether oxygens (including phenoxy) is 1. The summed E-state index contributed by atoms with van der Waals surface area (Å²) in [4.78, 5) is 13.9. The first-order chi connectivity index (χ1) is 9.40. The maximum Gasteiger partial charge on any atom is 0.414 e. The summed E-state index contributed by atoms with van der Waals surface area (Å²) < 4.78 is 5.45. The molecule has 2 rings (SSSR count). The predicted molar refractivity (Wildman–Crippen MR) is 81.4 cm³/mol. The summed E-state index contributed by atoms with van der Waals surface area (Å²) >= 11 is 0. The third kappa shape index (κ3) is 3.51. The van der Waals surface area contributed by atoms with Crippen molar-refractivity contribution in [2.45, 2.75) is 39.2 Å². The van der Waals surface area contributed by atoms with E-state index >= 15 is 0 Å². The lowest BCUT2D eigenvalue weighted by Gasteiger charge is -2.24. The van der Waals surface area contributed by atoms with Crippen molar-refractivity contribution < 1.29 is 9.53 Å².